The smallest absolute Gasteiger partial charge is 0.255 e. The molecular formula is C24H24N2O3. The summed E-state index contributed by atoms with van der Waals surface area (Å²) in [6, 6.07) is 20.9. The molecule has 1 aliphatic carbocycles. The van der Waals surface area contributed by atoms with Crippen LogP contribution in [0, 0.1) is 0 Å². The first-order chi connectivity index (χ1) is 14.3. The van der Waals surface area contributed by atoms with Crippen molar-refractivity contribution in [3.63, 3.8) is 0 Å². The highest BCUT2D eigenvalue weighted by Gasteiger charge is 2.21. The fourth-order valence-corrected chi connectivity index (χ4v) is 3.05. The Morgan fingerprint density at radius 1 is 1.00 bits per heavy atom. The second kappa shape index (κ2) is 9.24. The molecule has 1 saturated carbocycles. The van der Waals surface area contributed by atoms with Crippen molar-refractivity contribution in [2.24, 2.45) is 0 Å². The lowest BCUT2D eigenvalue weighted by atomic mass is 9.96. The van der Waals surface area contributed by atoms with Gasteiger partial charge in [0.1, 0.15) is 18.1 Å². The molecule has 0 saturated heterocycles. The summed E-state index contributed by atoms with van der Waals surface area (Å²) in [5, 5.41) is 2.97. The number of amides is 1. The van der Waals surface area contributed by atoms with E-state index in [1.807, 2.05) is 60.7 Å². The maximum atomic E-state index is 12.6. The quantitative estimate of drug-likeness (QED) is 0.616. The van der Waals surface area contributed by atoms with Gasteiger partial charge in [-0.25, -0.2) is 0 Å². The maximum absolute atomic E-state index is 12.6. The third-order valence-electron chi connectivity index (χ3n) is 4.97. The lowest BCUT2D eigenvalue weighted by molar-refractivity contribution is 0.0925. The van der Waals surface area contributed by atoms with E-state index >= 15 is 0 Å². The number of ether oxygens (including phenoxy) is 2. The Bertz CT molecular complexity index is 938. The number of carbonyl (C=O) groups excluding carboxylic acids is 1. The van der Waals surface area contributed by atoms with E-state index in [0.717, 1.165) is 29.8 Å². The number of benzene rings is 2. The Kier molecular flexibility index (Phi) is 6.05. The van der Waals surface area contributed by atoms with Crippen LogP contribution in [0.5, 0.6) is 11.5 Å². The van der Waals surface area contributed by atoms with Gasteiger partial charge in [0.2, 0.25) is 0 Å². The number of carbonyl (C=O) groups is 1. The molecule has 0 atom stereocenters. The Hall–Kier alpha value is -3.34. The van der Waals surface area contributed by atoms with Crippen LogP contribution >= 0.6 is 0 Å². The molecule has 5 nitrogen and oxygen atoms in total. The number of aromatic nitrogens is 1. The minimum absolute atomic E-state index is 0.129. The molecule has 5 heteroatoms. The summed E-state index contributed by atoms with van der Waals surface area (Å²) in [6.45, 7) is 0.867. The monoisotopic (exact) mass is 388 g/mol. The van der Waals surface area contributed by atoms with Gasteiger partial charge in [-0.2, -0.15) is 0 Å². The van der Waals surface area contributed by atoms with Crippen molar-refractivity contribution < 1.29 is 14.3 Å². The minimum atomic E-state index is -0.129. The molecule has 1 fully saturated rings. The van der Waals surface area contributed by atoms with Gasteiger partial charge >= 0.3 is 0 Å². The normalized spacial score (nSPS) is 13.4. The average molecular weight is 388 g/mol. The number of hydrogen-bond donors (Lipinski definition) is 1. The molecule has 1 aromatic heterocycles. The zero-order valence-corrected chi connectivity index (χ0v) is 16.2. The first-order valence-electron chi connectivity index (χ1n) is 9.93. The van der Waals surface area contributed by atoms with Gasteiger partial charge in [-0.3, -0.25) is 9.78 Å². The highest BCUT2D eigenvalue weighted by Crippen LogP contribution is 2.27. The molecule has 1 heterocycles. The van der Waals surface area contributed by atoms with Crippen molar-refractivity contribution >= 4 is 5.91 Å². The molecule has 148 valence electrons. The van der Waals surface area contributed by atoms with Gasteiger partial charge < -0.3 is 14.8 Å². The topological polar surface area (TPSA) is 60.5 Å². The van der Waals surface area contributed by atoms with E-state index in [1.165, 1.54) is 6.42 Å². The van der Waals surface area contributed by atoms with Crippen LogP contribution in [0.25, 0.3) is 0 Å². The van der Waals surface area contributed by atoms with Crippen LogP contribution in [0.1, 0.15) is 40.9 Å². The predicted molar refractivity (Wildman–Crippen MR) is 111 cm³/mol. The zero-order chi connectivity index (χ0) is 19.9. The fraction of sp³-hybridized carbons (Fsp3) is 0.250. The number of para-hydroxylation sites is 1. The van der Waals surface area contributed by atoms with Crippen molar-refractivity contribution in [2.45, 2.75) is 38.5 Å². The van der Waals surface area contributed by atoms with Gasteiger partial charge in [-0.05, 0) is 61.2 Å². The van der Waals surface area contributed by atoms with Gasteiger partial charge in [0.15, 0.2) is 0 Å². The molecule has 0 spiro atoms. The highest BCUT2D eigenvalue weighted by atomic mass is 16.5. The van der Waals surface area contributed by atoms with Crippen LogP contribution in [-0.4, -0.2) is 17.0 Å². The second-order valence-corrected chi connectivity index (χ2v) is 7.10. The number of nitrogens with one attached hydrogen (secondary N) is 1. The van der Waals surface area contributed by atoms with E-state index in [4.69, 9.17) is 9.47 Å². The molecule has 2 aromatic carbocycles. The highest BCUT2D eigenvalue weighted by molar-refractivity contribution is 5.96. The molecular weight excluding hydrogens is 364 g/mol. The molecule has 3 aromatic rings. The molecule has 1 aliphatic rings. The fourth-order valence-electron chi connectivity index (χ4n) is 3.05. The molecule has 0 radical (unpaired) electrons. The standard InChI is InChI=1S/C24H24N2O3/c27-24(22-9-1-2-10-23(22)29-21-7-5-8-21)26-16-18-11-13-20(14-12-18)28-17-19-6-3-4-15-25-19/h1-4,6,9-15,21H,5,7-8,16-17H2,(H,26,27). The van der Waals surface area contributed by atoms with Crippen molar-refractivity contribution in [3.05, 3.63) is 89.7 Å². The number of hydrogen-bond acceptors (Lipinski definition) is 4. The third kappa shape index (κ3) is 5.13. The molecule has 0 unspecified atom stereocenters. The first kappa shape index (κ1) is 19.0. The van der Waals surface area contributed by atoms with Crippen LogP contribution in [-0.2, 0) is 13.2 Å². The van der Waals surface area contributed by atoms with Gasteiger partial charge in [0.05, 0.1) is 17.4 Å². The first-order valence-corrected chi connectivity index (χ1v) is 9.93. The van der Waals surface area contributed by atoms with E-state index < -0.39 is 0 Å². The summed E-state index contributed by atoms with van der Waals surface area (Å²) >= 11 is 0. The van der Waals surface area contributed by atoms with E-state index in [1.54, 1.807) is 12.3 Å². The van der Waals surface area contributed by atoms with Crippen LogP contribution in [0.2, 0.25) is 0 Å². The van der Waals surface area contributed by atoms with E-state index in [2.05, 4.69) is 10.3 Å². The number of pyridine rings is 1. The van der Waals surface area contributed by atoms with Crippen LogP contribution in [0.3, 0.4) is 0 Å². The maximum Gasteiger partial charge on any atom is 0.255 e. The van der Waals surface area contributed by atoms with Gasteiger partial charge in [0.25, 0.3) is 5.91 Å². The van der Waals surface area contributed by atoms with Crippen molar-refractivity contribution in [3.8, 4) is 11.5 Å². The van der Waals surface area contributed by atoms with E-state index in [0.29, 0.717) is 24.5 Å². The second-order valence-electron chi connectivity index (χ2n) is 7.10. The van der Waals surface area contributed by atoms with E-state index in [-0.39, 0.29) is 12.0 Å². The molecule has 0 bridgehead atoms. The molecule has 4 rings (SSSR count). The lowest BCUT2D eigenvalue weighted by Crippen LogP contribution is -2.27. The Morgan fingerprint density at radius 3 is 2.52 bits per heavy atom. The predicted octanol–water partition coefficient (Wildman–Crippen LogP) is 4.52. The van der Waals surface area contributed by atoms with Gasteiger partial charge in [0, 0.05) is 12.7 Å². The number of rotatable bonds is 8. The summed E-state index contributed by atoms with van der Waals surface area (Å²) in [7, 11) is 0. The summed E-state index contributed by atoms with van der Waals surface area (Å²) in [5.74, 6) is 1.30. The summed E-state index contributed by atoms with van der Waals surface area (Å²) in [6.07, 6.45) is 5.30. The lowest BCUT2D eigenvalue weighted by Gasteiger charge is -2.27. The zero-order valence-electron chi connectivity index (χ0n) is 16.2. The van der Waals surface area contributed by atoms with E-state index in [9.17, 15) is 4.79 Å². The number of nitrogens with zero attached hydrogens (tertiary/aromatic N) is 1. The largest absolute Gasteiger partial charge is 0.490 e. The van der Waals surface area contributed by atoms with Gasteiger partial charge in [-0.15, -0.1) is 0 Å². The Balaban J connectivity index is 1.30. The van der Waals surface area contributed by atoms with Crippen LogP contribution < -0.4 is 14.8 Å². The SMILES string of the molecule is O=C(NCc1ccc(OCc2ccccn2)cc1)c1ccccc1OC1CCC1. The molecule has 1 amide bonds. The van der Waals surface area contributed by atoms with Crippen molar-refractivity contribution in [2.75, 3.05) is 0 Å². The van der Waals surface area contributed by atoms with Gasteiger partial charge in [-0.1, -0.05) is 30.3 Å². The summed E-state index contributed by atoms with van der Waals surface area (Å²) in [4.78, 5) is 16.9. The average Bonchev–Trinajstić information content (AvgIpc) is 2.75. The minimum Gasteiger partial charge on any atom is -0.490 e. The Morgan fingerprint density at radius 2 is 1.79 bits per heavy atom. The van der Waals surface area contributed by atoms with Crippen molar-refractivity contribution in [1.29, 1.82) is 0 Å². The summed E-state index contributed by atoms with van der Waals surface area (Å²) < 4.78 is 11.7. The third-order valence-corrected chi connectivity index (χ3v) is 4.97. The summed E-state index contributed by atoms with van der Waals surface area (Å²) in [5.41, 5.74) is 2.46. The van der Waals surface area contributed by atoms with Crippen LogP contribution in [0.4, 0.5) is 0 Å². The molecule has 29 heavy (non-hydrogen) atoms. The van der Waals surface area contributed by atoms with Crippen molar-refractivity contribution in [1.82, 2.24) is 10.3 Å². The Labute approximate surface area is 170 Å². The molecule has 0 aliphatic heterocycles. The van der Waals surface area contributed by atoms with Crippen LogP contribution in [0.15, 0.2) is 72.9 Å². The molecule has 1 N–H and O–H groups in total.